The van der Waals surface area contributed by atoms with Crippen LogP contribution in [0.3, 0.4) is 0 Å². The smallest absolute Gasteiger partial charge is 0.384 e. The van der Waals surface area contributed by atoms with Gasteiger partial charge in [-0.15, -0.1) is 0 Å². The Morgan fingerprint density at radius 3 is 2.56 bits per heavy atom. The summed E-state index contributed by atoms with van der Waals surface area (Å²) in [6, 6.07) is 6.49. The Kier molecular flexibility index (Phi) is 4.10. The largest absolute Gasteiger partial charge is 0.465 e. The fourth-order valence-corrected chi connectivity index (χ4v) is 1.02. The van der Waals surface area contributed by atoms with Crippen molar-refractivity contribution < 1.29 is 19.1 Å². The van der Waals surface area contributed by atoms with Crippen LogP contribution in [0.2, 0.25) is 0 Å². The molecule has 0 unspecified atom stereocenters. The van der Waals surface area contributed by atoms with E-state index in [-0.39, 0.29) is 0 Å². The molecule has 0 saturated heterocycles. The van der Waals surface area contributed by atoms with Crippen LogP contribution in [-0.2, 0) is 14.3 Å². The van der Waals surface area contributed by atoms with Crippen molar-refractivity contribution in [2.45, 2.75) is 0 Å². The van der Waals surface area contributed by atoms with Gasteiger partial charge in [-0.1, -0.05) is 12.0 Å². The summed E-state index contributed by atoms with van der Waals surface area (Å²) in [6.07, 6.45) is 0. The van der Waals surface area contributed by atoms with E-state index in [0.29, 0.717) is 11.1 Å². The molecule has 1 rings (SSSR count). The SMILES string of the molecule is COC(=O)C#Cc1cccc(C(=O)OC)c1. The third-order valence-electron chi connectivity index (χ3n) is 1.78. The van der Waals surface area contributed by atoms with Gasteiger partial charge in [0.05, 0.1) is 19.8 Å². The summed E-state index contributed by atoms with van der Waals surface area (Å²) >= 11 is 0. The number of carbonyl (C=O) groups excluding carboxylic acids is 2. The zero-order chi connectivity index (χ0) is 12.0. The number of rotatable bonds is 1. The first-order valence-electron chi connectivity index (χ1n) is 4.45. The molecule has 1 aromatic rings. The van der Waals surface area contributed by atoms with Crippen LogP contribution >= 0.6 is 0 Å². The van der Waals surface area contributed by atoms with Crippen LogP contribution in [-0.4, -0.2) is 26.2 Å². The Morgan fingerprint density at radius 2 is 1.94 bits per heavy atom. The predicted octanol–water partition coefficient (Wildman–Crippen LogP) is 0.998. The summed E-state index contributed by atoms with van der Waals surface area (Å²) < 4.78 is 8.93. The summed E-state index contributed by atoms with van der Waals surface area (Å²) in [7, 11) is 2.55. The first-order valence-corrected chi connectivity index (χ1v) is 4.45. The molecule has 0 aliphatic carbocycles. The molecular formula is C12H10O4. The lowest BCUT2D eigenvalue weighted by Crippen LogP contribution is -2.01. The van der Waals surface area contributed by atoms with Crippen molar-refractivity contribution in [2.24, 2.45) is 0 Å². The van der Waals surface area contributed by atoms with Crippen LogP contribution in [0.25, 0.3) is 0 Å². The molecule has 4 nitrogen and oxygen atoms in total. The highest BCUT2D eigenvalue weighted by Crippen LogP contribution is 2.05. The summed E-state index contributed by atoms with van der Waals surface area (Å²) in [6.45, 7) is 0. The van der Waals surface area contributed by atoms with E-state index in [1.165, 1.54) is 14.2 Å². The molecule has 0 bridgehead atoms. The average molecular weight is 218 g/mol. The third-order valence-corrected chi connectivity index (χ3v) is 1.78. The predicted molar refractivity (Wildman–Crippen MR) is 56.7 cm³/mol. The van der Waals surface area contributed by atoms with Gasteiger partial charge in [0.25, 0.3) is 0 Å². The van der Waals surface area contributed by atoms with E-state index in [0.717, 1.165) is 0 Å². The molecule has 0 spiro atoms. The molecule has 0 heterocycles. The van der Waals surface area contributed by atoms with Gasteiger partial charge in [-0.05, 0) is 18.2 Å². The number of benzene rings is 1. The minimum Gasteiger partial charge on any atom is -0.465 e. The highest BCUT2D eigenvalue weighted by Gasteiger charge is 2.04. The van der Waals surface area contributed by atoms with Gasteiger partial charge in [-0.3, -0.25) is 0 Å². The zero-order valence-electron chi connectivity index (χ0n) is 8.94. The molecule has 0 amide bonds. The molecule has 0 atom stereocenters. The van der Waals surface area contributed by atoms with Gasteiger partial charge < -0.3 is 9.47 Å². The molecule has 0 N–H and O–H groups in total. The summed E-state index contributed by atoms with van der Waals surface area (Å²) in [5.74, 6) is 3.79. The van der Waals surface area contributed by atoms with Gasteiger partial charge in [0.2, 0.25) is 0 Å². The van der Waals surface area contributed by atoms with Gasteiger partial charge in [0.15, 0.2) is 0 Å². The minimum atomic E-state index is -0.622. The number of esters is 2. The molecule has 1 aromatic carbocycles. The van der Waals surface area contributed by atoms with Crippen molar-refractivity contribution in [1.82, 2.24) is 0 Å². The highest BCUT2D eigenvalue weighted by atomic mass is 16.5. The maximum atomic E-state index is 11.2. The average Bonchev–Trinajstić information content (AvgIpc) is 2.35. The van der Waals surface area contributed by atoms with Gasteiger partial charge in [-0.2, -0.15) is 0 Å². The number of methoxy groups -OCH3 is 2. The summed E-state index contributed by atoms with van der Waals surface area (Å²) in [5, 5.41) is 0. The van der Waals surface area contributed by atoms with Crippen molar-refractivity contribution in [2.75, 3.05) is 14.2 Å². The van der Waals surface area contributed by atoms with Gasteiger partial charge >= 0.3 is 11.9 Å². The van der Waals surface area contributed by atoms with Crippen molar-refractivity contribution in [3.63, 3.8) is 0 Å². The van der Waals surface area contributed by atoms with Crippen molar-refractivity contribution in [3.05, 3.63) is 35.4 Å². The lowest BCUT2D eigenvalue weighted by atomic mass is 10.1. The highest BCUT2D eigenvalue weighted by molar-refractivity contribution is 5.91. The Bertz CT molecular complexity index is 465. The van der Waals surface area contributed by atoms with E-state index in [2.05, 4.69) is 21.3 Å². The van der Waals surface area contributed by atoms with E-state index in [1.54, 1.807) is 24.3 Å². The van der Waals surface area contributed by atoms with Gasteiger partial charge in [0.1, 0.15) is 0 Å². The lowest BCUT2D eigenvalue weighted by molar-refractivity contribution is -0.133. The second kappa shape index (κ2) is 5.56. The van der Waals surface area contributed by atoms with E-state index in [9.17, 15) is 9.59 Å². The molecule has 0 aliphatic rings. The summed E-state index contributed by atoms with van der Waals surface area (Å²) in [4.78, 5) is 22.0. The van der Waals surface area contributed by atoms with Crippen LogP contribution in [0.4, 0.5) is 0 Å². The number of hydrogen-bond acceptors (Lipinski definition) is 4. The molecule has 0 radical (unpaired) electrons. The Hall–Kier alpha value is -2.28. The van der Waals surface area contributed by atoms with E-state index in [1.807, 2.05) is 0 Å². The number of carbonyl (C=O) groups is 2. The zero-order valence-corrected chi connectivity index (χ0v) is 8.94. The van der Waals surface area contributed by atoms with Crippen LogP contribution < -0.4 is 0 Å². The molecular weight excluding hydrogens is 208 g/mol. The molecule has 0 fully saturated rings. The minimum absolute atomic E-state index is 0.388. The first-order chi connectivity index (χ1) is 7.67. The lowest BCUT2D eigenvalue weighted by Gasteiger charge is -1.98. The van der Waals surface area contributed by atoms with Crippen LogP contribution in [0.15, 0.2) is 24.3 Å². The van der Waals surface area contributed by atoms with Crippen molar-refractivity contribution in [3.8, 4) is 11.8 Å². The molecule has 0 saturated carbocycles. The molecule has 0 aliphatic heterocycles. The maximum absolute atomic E-state index is 11.2. The van der Waals surface area contributed by atoms with Crippen molar-refractivity contribution >= 4 is 11.9 Å². The summed E-state index contributed by atoms with van der Waals surface area (Å²) in [5.41, 5.74) is 0.937. The van der Waals surface area contributed by atoms with E-state index in [4.69, 9.17) is 0 Å². The van der Waals surface area contributed by atoms with Crippen LogP contribution in [0.5, 0.6) is 0 Å². The van der Waals surface area contributed by atoms with E-state index >= 15 is 0 Å². The van der Waals surface area contributed by atoms with E-state index < -0.39 is 11.9 Å². The van der Waals surface area contributed by atoms with Crippen LogP contribution in [0, 0.1) is 11.8 Å². The Balaban J connectivity index is 2.93. The van der Waals surface area contributed by atoms with Crippen LogP contribution in [0.1, 0.15) is 15.9 Å². The maximum Gasteiger partial charge on any atom is 0.384 e. The Morgan fingerprint density at radius 1 is 1.19 bits per heavy atom. The fourth-order valence-electron chi connectivity index (χ4n) is 1.02. The monoisotopic (exact) mass is 218 g/mol. The quantitative estimate of drug-likeness (QED) is 0.521. The molecule has 16 heavy (non-hydrogen) atoms. The first kappa shape index (κ1) is 11.8. The third kappa shape index (κ3) is 3.14. The second-order valence-corrected chi connectivity index (χ2v) is 2.81. The number of hydrogen-bond donors (Lipinski definition) is 0. The fraction of sp³-hybridized carbons (Fsp3) is 0.167. The Labute approximate surface area is 93.2 Å². The standard InChI is InChI=1S/C12H10O4/c1-15-11(13)7-6-9-4-3-5-10(8-9)12(14)16-2/h3-5,8H,1-2H3. The van der Waals surface area contributed by atoms with Gasteiger partial charge in [-0.25, -0.2) is 9.59 Å². The second-order valence-electron chi connectivity index (χ2n) is 2.81. The van der Waals surface area contributed by atoms with Gasteiger partial charge in [0, 0.05) is 11.5 Å². The molecule has 82 valence electrons. The number of ether oxygens (including phenoxy) is 2. The molecule has 4 heteroatoms. The topological polar surface area (TPSA) is 52.6 Å². The van der Waals surface area contributed by atoms with Crippen molar-refractivity contribution in [1.29, 1.82) is 0 Å². The molecule has 0 aromatic heterocycles. The normalized spacial score (nSPS) is 8.62.